The molecule has 468 valence electrons. The molecule has 1 amide bonds. The van der Waals surface area contributed by atoms with E-state index in [9.17, 15) is 34.2 Å². The van der Waals surface area contributed by atoms with Gasteiger partial charge in [-0.1, -0.05) is 165 Å². The number of aliphatic hydroxyl groups excluding tert-OH is 1. The molecule has 3 N–H and O–H groups in total. The van der Waals surface area contributed by atoms with Gasteiger partial charge in [0.1, 0.15) is 42.7 Å². The fraction of sp³-hybridized carbons (Fsp3) is 0.597. The number of rotatable bonds is 27. The van der Waals surface area contributed by atoms with Crippen LogP contribution in [0.5, 0.6) is 0 Å². The molecule has 0 radical (unpaired) electrons. The molecular weight excluding hydrogens is 1110 g/mol. The zero-order valence-electron chi connectivity index (χ0n) is 50.8. The lowest BCUT2D eigenvalue weighted by atomic mass is 9.44. The molecule has 3 aromatic carbocycles. The first kappa shape index (κ1) is 65.5. The molecule has 19 heteroatoms. The van der Waals surface area contributed by atoms with Gasteiger partial charge >= 0.3 is 30.0 Å². The van der Waals surface area contributed by atoms with E-state index in [2.05, 4.69) is 12.2 Å². The van der Waals surface area contributed by atoms with Crippen LogP contribution in [-0.2, 0) is 61.8 Å². The second kappa shape index (κ2) is 29.0. The summed E-state index contributed by atoms with van der Waals surface area (Å²) in [6.07, 6.45) is 3.04. The number of fused-ring (bicyclic) bond motifs is 5. The molecule has 8 rings (SSSR count). The highest BCUT2D eigenvalue weighted by Gasteiger charge is 2.78. The summed E-state index contributed by atoms with van der Waals surface area (Å²) in [5, 5.41) is 29.2. The molecule has 4 fully saturated rings. The summed E-state index contributed by atoms with van der Waals surface area (Å²) in [6, 6.07) is 22.7. The number of nitrogens with one attached hydrogen (secondary N) is 1. The van der Waals surface area contributed by atoms with E-state index in [4.69, 9.17) is 42.6 Å². The molecule has 19 nitrogen and oxygen atoms in total. The van der Waals surface area contributed by atoms with Gasteiger partial charge < -0.3 is 58.2 Å². The molecule has 2 aliphatic heterocycles. The number of hydrogen-bond donors (Lipinski definition) is 3. The molecular formula is C67H87NO18. The van der Waals surface area contributed by atoms with Gasteiger partial charge in [0.05, 0.1) is 36.2 Å². The first-order valence-corrected chi connectivity index (χ1v) is 30.8. The van der Waals surface area contributed by atoms with Crippen LogP contribution in [0, 0.1) is 16.7 Å². The topological polar surface area (TPSA) is 255 Å². The second-order valence-corrected chi connectivity index (χ2v) is 24.6. The Labute approximate surface area is 504 Å². The predicted octanol–water partition coefficient (Wildman–Crippen LogP) is 10.1. The lowest BCUT2D eigenvalue weighted by molar-refractivity contribution is -0.346. The molecule has 5 aliphatic rings. The van der Waals surface area contributed by atoms with Crippen molar-refractivity contribution in [3.63, 3.8) is 0 Å². The van der Waals surface area contributed by atoms with Crippen molar-refractivity contribution >= 4 is 41.7 Å². The molecule has 86 heavy (non-hydrogen) atoms. The number of hydrogen-bond acceptors (Lipinski definition) is 18. The first-order valence-electron chi connectivity index (χ1n) is 30.8. The van der Waals surface area contributed by atoms with Gasteiger partial charge in [-0.05, 0) is 67.7 Å². The molecule has 13 atom stereocenters. The summed E-state index contributed by atoms with van der Waals surface area (Å²) in [4.78, 5) is 101. The summed E-state index contributed by atoms with van der Waals surface area (Å²) in [7, 11) is 0. The van der Waals surface area contributed by atoms with E-state index in [1.54, 1.807) is 92.7 Å². The predicted molar refractivity (Wildman–Crippen MR) is 313 cm³/mol. The second-order valence-electron chi connectivity index (χ2n) is 24.6. The van der Waals surface area contributed by atoms with Crippen LogP contribution in [0.25, 0.3) is 0 Å². The SMILES string of the molecule is CCCCCCCCCCCCCCCC1OCC(COC(=O)O[C@@H](C(=O)O[C@H]2C[C@@]3(O)[C@@H](OC(=O)c4ccccc4)[C@@H]4[C@]5(OC(C)=O)CO[C@@H]5C[C@H](O)[C@@]4(C)C(=O)[C@H](OC(C)=O)C(=C2C)C3(C)C)[C@@H](NC(=O)c2ccccc2)c2ccccc2)O1. The number of unbranched alkanes of at least 4 members (excludes halogenated alkanes) is 12. The zero-order chi connectivity index (χ0) is 61.8. The molecule has 3 aliphatic carbocycles. The van der Waals surface area contributed by atoms with Crippen molar-refractivity contribution in [1.29, 1.82) is 0 Å². The molecule has 0 spiro atoms. The highest BCUT2D eigenvalue weighted by Crippen LogP contribution is 2.64. The normalized spacial score (nSPS) is 28.8. The highest BCUT2D eigenvalue weighted by atomic mass is 16.8. The van der Waals surface area contributed by atoms with Crippen LogP contribution in [0.15, 0.2) is 102 Å². The fourth-order valence-corrected chi connectivity index (χ4v) is 13.7. The molecule has 2 unspecified atom stereocenters. The Morgan fingerprint density at radius 1 is 0.733 bits per heavy atom. The lowest BCUT2D eigenvalue weighted by Gasteiger charge is -2.67. The fourth-order valence-electron chi connectivity index (χ4n) is 13.7. The van der Waals surface area contributed by atoms with E-state index in [0.717, 1.165) is 33.1 Å². The molecule has 2 saturated heterocycles. The van der Waals surface area contributed by atoms with Gasteiger partial charge in [-0.2, -0.15) is 0 Å². The van der Waals surface area contributed by atoms with Crippen molar-refractivity contribution in [2.75, 3.05) is 19.8 Å². The third-order valence-electron chi connectivity index (χ3n) is 18.4. The van der Waals surface area contributed by atoms with Crippen molar-refractivity contribution in [1.82, 2.24) is 5.32 Å². The van der Waals surface area contributed by atoms with Gasteiger partial charge in [-0.3, -0.25) is 19.2 Å². The van der Waals surface area contributed by atoms with Crippen LogP contribution < -0.4 is 5.32 Å². The minimum Gasteiger partial charge on any atom is -0.455 e. The van der Waals surface area contributed by atoms with Gasteiger partial charge in [-0.15, -0.1) is 0 Å². The third kappa shape index (κ3) is 14.4. The van der Waals surface area contributed by atoms with Gasteiger partial charge in [0.15, 0.2) is 23.8 Å². The Hall–Kier alpha value is -6.51. The van der Waals surface area contributed by atoms with Gasteiger partial charge in [0.25, 0.3) is 5.91 Å². The molecule has 0 aromatic heterocycles. The number of esters is 4. The van der Waals surface area contributed by atoms with Gasteiger partial charge in [-0.25, -0.2) is 14.4 Å². The highest BCUT2D eigenvalue weighted by molar-refractivity contribution is 5.96. The molecule has 2 saturated carbocycles. The Bertz CT molecular complexity index is 2860. The summed E-state index contributed by atoms with van der Waals surface area (Å²) in [5.74, 6) is -7.12. The van der Waals surface area contributed by atoms with Gasteiger partial charge in [0.2, 0.25) is 6.10 Å². The minimum absolute atomic E-state index is 0.0417. The Morgan fingerprint density at radius 2 is 1.31 bits per heavy atom. The van der Waals surface area contributed by atoms with Gasteiger partial charge in [0, 0.05) is 37.7 Å². The molecule has 2 bridgehead atoms. The summed E-state index contributed by atoms with van der Waals surface area (Å²) < 4.78 is 54.7. The van der Waals surface area contributed by atoms with Crippen molar-refractivity contribution in [3.8, 4) is 0 Å². The van der Waals surface area contributed by atoms with Crippen molar-refractivity contribution in [2.24, 2.45) is 16.7 Å². The number of ketones is 1. The summed E-state index contributed by atoms with van der Waals surface area (Å²) >= 11 is 0. The van der Waals surface area contributed by atoms with Crippen LogP contribution in [-0.4, -0.2) is 132 Å². The zero-order valence-corrected chi connectivity index (χ0v) is 50.8. The maximum Gasteiger partial charge on any atom is 0.509 e. The Kier molecular flexibility index (Phi) is 22.1. The first-order chi connectivity index (χ1) is 41.2. The number of amides is 1. The van der Waals surface area contributed by atoms with E-state index in [1.165, 1.54) is 90.2 Å². The van der Waals surface area contributed by atoms with E-state index in [0.29, 0.717) is 12.0 Å². The largest absolute Gasteiger partial charge is 0.509 e. The number of carbonyl (C=O) groups is 7. The summed E-state index contributed by atoms with van der Waals surface area (Å²) in [5.41, 5.74) is -7.58. The van der Waals surface area contributed by atoms with E-state index in [-0.39, 0.29) is 48.5 Å². The Morgan fingerprint density at radius 3 is 1.88 bits per heavy atom. The molecule has 3 aromatic rings. The van der Waals surface area contributed by atoms with Crippen LogP contribution in [0.3, 0.4) is 0 Å². The van der Waals surface area contributed by atoms with E-state index >= 15 is 9.59 Å². The van der Waals surface area contributed by atoms with Crippen LogP contribution in [0.2, 0.25) is 0 Å². The van der Waals surface area contributed by atoms with Crippen molar-refractivity contribution in [2.45, 2.75) is 217 Å². The van der Waals surface area contributed by atoms with Crippen molar-refractivity contribution < 1.29 is 86.4 Å². The molecule has 2 heterocycles. The van der Waals surface area contributed by atoms with Crippen LogP contribution in [0.1, 0.15) is 184 Å². The number of Topliss-reactive ketones (excluding diaryl/α,β-unsaturated/α-hetero) is 1. The number of carbonyl (C=O) groups excluding carboxylic acids is 7. The van der Waals surface area contributed by atoms with Crippen molar-refractivity contribution in [3.05, 3.63) is 119 Å². The maximum atomic E-state index is 15.9. The Balaban J connectivity index is 1.09. The number of aliphatic hydroxyl groups is 2. The average Bonchev–Trinajstić information content (AvgIpc) is 0.696. The van der Waals surface area contributed by atoms with Crippen LogP contribution >= 0.6 is 0 Å². The van der Waals surface area contributed by atoms with E-state index in [1.807, 2.05) is 0 Å². The smallest absolute Gasteiger partial charge is 0.455 e. The standard InChI is InChI=1S/C67H87NO18/c1-8-9-10-11-12-13-14-15-16-17-18-19-29-36-52-78-39-48(82-52)40-79-63(76)84-56(54(45-30-23-20-24-31-45)68-60(73)46-32-25-21-26-33-46)62(75)83-49-38-67(77)59(85-61(74)47-34-27-22-28-35-47)57-65(7,50(71)37-51-66(57,41-80-51)86-44(4)70)58(72)55(81-43(3)69)53(42(49)2)64(67,5)6/h20-28,30-35,48-52,54-57,59,71,77H,8-19,29,36-41H2,1-7H3,(H,68,73)/t48?,49-,50-,51+,52?,54-,55+,56+,57-,59-,65+,66-,67+/m0/s1. The lowest BCUT2D eigenvalue weighted by Crippen LogP contribution is -2.82. The van der Waals surface area contributed by atoms with E-state index < -0.39 is 131 Å². The monoisotopic (exact) mass is 1190 g/mol. The van der Waals surface area contributed by atoms with Crippen LogP contribution in [0.4, 0.5) is 4.79 Å². The number of benzene rings is 3. The minimum atomic E-state index is -2.49. The summed E-state index contributed by atoms with van der Waals surface area (Å²) in [6.45, 7) is 9.95. The average molecular weight is 1190 g/mol. The quantitative estimate of drug-likeness (QED) is 0.0278. The third-order valence-corrected chi connectivity index (χ3v) is 18.4. The number of ether oxygens (including phenoxy) is 9. The maximum absolute atomic E-state index is 15.9.